The molecule has 0 aliphatic carbocycles. The van der Waals surface area contributed by atoms with E-state index in [4.69, 9.17) is 10.8 Å². The van der Waals surface area contributed by atoms with Crippen molar-refractivity contribution in [2.24, 2.45) is 11.1 Å². The third-order valence-electron chi connectivity index (χ3n) is 5.94. The van der Waals surface area contributed by atoms with E-state index in [2.05, 4.69) is 20.8 Å². The van der Waals surface area contributed by atoms with Crippen molar-refractivity contribution in [3.63, 3.8) is 0 Å². The first-order chi connectivity index (χ1) is 16.2. The van der Waals surface area contributed by atoms with E-state index in [1.807, 2.05) is 43.5 Å². The van der Waals surface area contributed by atoms with Gasteiger partial charge in [0, 0.05) is 24.7 Å². The Balaban J connectivity index is 2.20. The van der Waals surface area contributed by atoms with Crippen molar-refractivity contribution in [1.82, 2.24) is 14.7 Å². The zero-order chi connectivity index (χ0) is 24.9. The number of hydrogen-bond acceptors (Lipinski definition) is 4. The molecule has 1 aromatic heterocycles. The van der Waals surface area contributed by atoms with E-state index in [9.17, 15) is 14.3 Å². The maximum Gasteiger partial charge on any atom is 0.248 e. The number of benzene rings is 2. The van der Waals surface area contributed by atoms with Gasteiger partial charge in [0.2, 0.25) is 5.91 Å². The number of aryl methyl sites for hydroxylation is 1. The van der Waals surface area contributed by atoms with E-state index in [1.165, 1.54) is 12.1 Å². The molecule has 0 radical (unpaired) electrons. The molecule has 0 saturated heterocycles. The van der Waals surface area contributed by atoms with Gasteiger partial charge in [0.05, 0.1) is 17.4 Å². The summed E-state index contributed by atoms with van der Waals surface area (Å²) in [4.78, 5) is 14.6. The largest absolute Gasteiger partial charge is 0.387 e. The highest BCUT2D eigenvalue weighted by molar-refractivity contribution is 5.78. The van der Waals surface area contributed by atoms with Crippen LogP contribution in [0.15, 0.2) is 54.7 Å². The second-order valence-corrected chi connectivity index (χ2v) is 9.72. The van der Waals surface area contributed by atoms with Gasteiger partial charge in [0.1, 0.15) is 12.4 Å². The second kappa shape index (κ2) is 10.9. The highest BCUT2D eigenvalue weighted by atomic mass is 19.1. The van der Waals surface area contributed by atoms with Crippen LogP contribution in [0.3, 0.4) is 0 Å². The normalized spacial score (nSPS) is 12.6. The molecule has 182 valence electrons. The van der Waals surface area contributed by atoms with Gasteiger partial charge in [0.15, 0.2) is 0 Å². The first kappa shape index (κ1) is 25.6. The molecule has 1 atom stereocenters. The van der Waals surface area contributed by atoms with Gasteiger partial charge in [0.25, 0.3) is 0 Å². The third-order valence-corrected chi connectivity index (χ3v) is 5.94. The SMILES string of the molecule is Cc1ccc(F)cc1-n1cc([C@H](N(CCCN)C(=O)CO)C(C)(C)C)c(Cc2ccccc2)n1. The Morgan fingerprint density at radius 1 is 1.21 bits per heavy atom. The molecule has 34 heavy (non-hydrogen) atoms. The Kier molecular flexibility index (Phi) is 8.23. The molecule has 1 heterocycles. The number of carbonyl (C=O) groups excluding carboxylic acids is 1. The lowest BCUT2D eigenvalue weighted by Gasteiger charge is -2.40. The minimum Gasteiger partial charge on any atom is -0.387 e. The monoisotopic (exact) mass is 466 g/mol. The summed E-state index contributed by atoms with van der Waals surface area (Å²) in [7, 11) is 0. The quantitative estimate of drug-likeness (QED) is 0.496. The lowest BCUT2D eigenvalue weighted by atomic mass is 9.80. The molecule has 2 aromatic carbocycles. The van der Waals surface area contributed by atoms with Crippen molar-refractivity contribution in [1.29, 1.82) is 0 Å². The average molecular weight is 467 g/mol. The fourth-order valence-corrected chi connectivity index (χ4v) is 4.38. The number of rotatable bonds is 9. The zero-order valence-electron chi connectivity index (χ0n) is 20.5. The van der Waals surface area contributed by atoms with Crippen LogP contribution in [0.25, 0.3) is 5.69 Å². The van der Waals surface area contributed by atoms with Crippen molar-refractivity contribution in [3.8, 4) is 5.69 Å². The van der Waals surface area contributed by atoms with Crippen LogP contribution in [-0.2, 0) is 11.2 Å². The topological polar surface area (TPSA) is 84.4 Å². The summed E-state index contributed by atoms with van der Waals surface area (Å²) >= 11 is 0. The number of nitrogens with zero attached hydrogens (tertiary/aromatic N) is 3. The summed E-state index contributed by atoms with van der Waals surface area (Å²) in [5, 5.41) is 14.6. The molecule has 0 aliphatic rings. The number of carbonyl (C=O) groups is 1. The number of nitrogens with two attached hydrogens (primary N) is 1. The molecule has 0 fully saturated rings. The van der Waals surface area contributed by atoms with Crippen molar-refractivity contribution in [2.45, 2.75) is 46.6 Å². The van der Waals surface area contributed by atoms with E-state index < -0.39 is 6.61 Å². The van der Waals surface area contributed by atoms with E-state index >= 15 is 0 Å². The molecule has 6 nitrogen and oxygen atoms in total. The maximum absolute atomic E-state index is 14.1. The minimum atomic E-state index is -0.581. The van der Waals surface area contributed by atoms with Gasteiger partial charge in [-0.05, 0) is 48.6 Å². The van der Waals surface area contributed by atoms with Crippen molar-refractivity contribution in [2.75, 3.05) is 19.7 Å². The summed E-state index contributed by atoms with van der Waals surface area (Å²) in [6.45, 7) is 8.38. The highest BCUT2D eigenvalue weighted by Crippen LogP contribution is 2.40. The lowest BCUT2D eigenvalue weighted by molar-refractivity contribution is -0.139. The van der Waals surface area contributed by atoms with Gasteiger partial charge >= 0.3 is 0 Å². The van der Waals surface area contributed by atoms with Crippen LogP contribution in [0.2, 0.25) is 0 Å². The lowest BCUT2D eigenvalue weighted by Crippen LogP contribution is -2.43. The molecule has 0 spiro atoms. The van der Waals surface area contributed by atoms with Gasteiger partial charge in [-0.1, -0.05) is 57.2 Å². The number of aliphatic hydroxyl groups is 1. The molecular formula is C27H35FN4O2. The van der Waals surface area contributed by atoms with Crippen LogP contribution in [-0.4, -0.2) is 45.4 Å². The Hall–Kier alpha value is -3.03. The average Bonchev–Trinajstić information content (AvgIpc) is 3.19. The second-order valence-electron chi connectivity index (χ2n) is 9.72. The molecule has 0 saturated carbocycles. The number of halogens is 1. The Labute approximate surface area is 201 Å². The standard InChI is InChI=1S/C27H35FN4O2/c1-19-11-12-21(28)16-24(19)32-17-22(23(30-32)15-20-9-6-5-7-10-20)26(27(2,3)4)31(14-8-13-29)25(34)18-33/h5-7,9-12,16-17,26,33H,8,13-15,18,29H2,1-4H3/t26-/m0/s1. The first-order valence-corrected chi connectivity index (χ1v) is 11.6. The van der Waals surface area contributed by atoms with Gasteiger partial charge in [-0.2, -0.15) is 5.10 Å². The molecule has 0 aliphatic heterocycles. The van der Waals surface area contributed by atoms with Crippen molar-refractivity contribution >= 4 is 5.91 Å². The molecular weight excluding hydrogens is 431 g/mol. The predicted molar refractivity (Wildman–Crippen MR) is 132 cm³/mol. The van der Waals surface area contributed by atoms with E-state index in [-0.39, 0.29) is 23.2 Å². The number of aliphatic hydroxyl groups excluding tert-OH is 1. The van der Waals surface area contributed by atoms with E-state index in [0.29, 0.717) is 31.6 Å². The number of aromatic nitrogens is 2. The molecule has 1 amide bonds. The highest BCUT2D eigenvalue weighted by Gasteiger charge is 2.37. The Morgan fingerprint density at radius 3 is 2.53 bits per heavy atom. The summed E-state index contributed by atoms with van der Waals surface area (Å²) in [5.41, 5.74) is 9.69. The predicted octanol–water partition coefficient (Wildman–Crippen LogP) is 4.17. The zero-order valence-corrected chi connectivity index (χ0v) is 20.5. The molecule has 0 bridgehead atoms. The number of amides is 1. The van der Waals surface area contributed by atoms with Gasteiger partial charge < -0.3 is 15.7 Å². The Bertz CT molecular complexity index is 1110. The van der Waals surface area contributed by atoms with Crippen LogP contribution >= 0.6 is 0 Å². The van der Waals surface area contributed by atoms with Crippen LogP contribution in [0.4, 0.5) is 4.39 Å². The van der Waals surface area contributed by atoms with Gasteiger partial charge in [-0.25, -0.2) is 9.07 Å². The van der Waals surface area contributed by atoms with Crippen LogP contribution in [0.1, 0.15) is 55.6 Å². The number of hydrogen-bond donors (Lipinski definition) is 2. The molecule has 0 unspecified atom stereocenters. The molecule has 3 rings (SSSR count). The Morgan fingerprint density at radius 2 is 1.91 bits per heavy atom. The molecule has 3 aromatic rings. The summed E-state index contributed by atoms with van der Waals surface area (Å²) < 4.78 is 15.8. The molecule has 7 heteroatoms. The van der Waals surface area contributed by atoms with E-state index in [0.717, 1.165) is 22.4 Å². The third kappa shape index (κ3) is 5.90. The fourth-order valence-electron chi connectivity index (χ4n) is 4.38. The molecule has 3 N–H and O–H groups in total. The fraction of sp³-hybridized carbons (Fsp3) is 0.407. The van der Waals surface area contributed by atoms with Crippen molar-refractivity contribution < 1.29 is 14.3 Å². The van der Waals surface area contributed by atoms with Crippen LogP contribution in [0, 0.1) is 18.2 Å². The summed E-state index contributed by atoms with van der Waals surface area (Å²) in [6, 6.07) is 14.3. The van der Waals surface area contributed by atoms with E-state index in [1.54, 1.807) is 15.6 Å². The van der Waals surface area contributed by atoms with Crippen LogP contribution < -0.4 is 5.73 Å². The first-order valence-electron chi connectivity index (χ1n) is 11.6. The van der Waals surface area contributed by atoms with Gasteiger partial charge in [-0.3, -0.25) is 4.79 Å². The minimum absolute atomic E-state index is 0.338. The van der Waals surface area contributed by atoms with Crippen LogP contribution in [0.5, 0.6) is 0 Å². The van der Waals surface area contributed by atoms with Crippen molar-refractivity contribution in [3.05, 3.63) is 82.9 Å². The summed E-state index contributed by atoms with van der Waals surface area (Å²) in [5.74, 6) is -0.691. The maximum atomic E-state index is 14.1. The van der Waals surface area contributed by atoms with Gasteiger partial charge in [-0.15, -0.1) is 0 Å². The summed E-state index contributed by atoms with van der Waals surface area (Å²) in [6.07, 6.45) is 3.07. The smallest absolute Gasteiger partial charge is 0.248 e.